The van der Waals surface area contributed by atoms with Crippen LogP contribution in [0.5, 0.6) is 0 Å². The van der Waals surface area contributed by atoms with E-state index in [1.54, 1.807) is 54.8 Å². The van der Waals surface area contributed by atoms with E-state index in [4.69, 9.17) is 33.2 Å². The number of rotatable bonds is 10. The number of methoxy groups -OCH3 is 1. The minimum atomic E-state index is -1.13. The Bertz CT molecular complexity index is 2010. The number of amides is 2. The maximum atomic E-state index is 14.3. The quantitative estimate of drug-likeness (QED) is 0.111. The summed E-state index contributed by atoms with van der Waals surface area (Å²) in [6.07, 6.45) is 0.877. The highest BCUT2D eigenvalue weighted by atomic mass is 16.7. The third-order valence-electron chi connectivity index (χ3n) is 11.4. The SMILES string of the molecule is CCn1c(-c2cccnc2[C@H](C)OC)c(CC(C)(C)COC(=O)[C@@H]2[C@@H](C)CCN(C(=O)OC(C)(C)C)N2C(=O)OC(C)(C)C)c2cc(B3OC(C)(C)C(C)(C)O3)ccc21. The topological polar surface area (TPSA) is 131 Å². The highest BCUT2D eigenvalue weighted by molar-refractivity contribution is 6.62. The predicted octanol–water partition coefficient (Wildman–Crippen LogP) is 8.64. The fourth-order valence-corrected chi connectivity index (χ4v) is 7.65. The Labute approximate surface area is 351 Å². The van der Waals surface area contributed by atoms with E-state index in [1.807, 2.05) is 47.6 Å². The number of hydrogen-bond donors (Lipinski definition) is 0. The number of hydrogen-bond acceptors (Lipinski definition) is 10. The minimum Gasteiger partial charge on any atom is -0.464 e. The molecule has 13 nitrogen and oxygen atoms in total. The summed E-state index contributed by atoms with van der Waals surface area (Å²) in [7, 11) is 1.12. The summed E-state index contributed by atoms with van der Waals surface area (Å²) in [6, 6.07) is 9.25. The molecule has 0 spiro atoms. The third-order valence-corrected chi connectivity index (χ3v) is 11.4. The van der Waals surface area contributed by atoms with Crippen molar-refractivity contribution in [3.63, 3.8) is 0 Å². The number of esters is 1. The molecule has 14 heteroatoms. The largest absolute Gasteiger partial charge is 0.494 e. The van der Waals surface area contributed by atoms with Gasteiger partial charge in [-0.15, -0.1) is 0 Å². The zero-order chi connectivity index (χ0) is 44.0. The second-order valence-electron chi connectivity index (χ2n) is 19.8. The maximum absolute atomic E-state index is 14.3. The monoisotopic (exact) mass is 819 g/mol. The number of hydrazine groups is 1. The fourth-order valence-electron chi connectivity index (χ4n) is 7.65. The van der Waals surface area contributed by atoms with Crippen molar-refractivity contribution in [1.82, 2.24) is 19.6 Å². The number of ether oxygens (including phenoxy) is 4. The molecule has 2 aliphatic rings. The summed E-state index contributed by atoms with van der Waals surface area (Å²) < 4.78 is 38.7. The van der Waals surface area contributed by atoms with Gasteiger partial charge in [0.2, 0.25) is 0 Å². The first kappa shape index (κ1) is 45.9. The van der Waals surface area contributed by atoms with Gasteiger partial charge in [0.1, 0.15) is 11.2 Å². The lowest BCUT2D eigenvalue weighted by Gasteiger charge is -2.45. The van der Waals surface area contributed by atoms with E-state index in [0.29, 0.717) is 19.4 Å². The molecule has 4 heterocycles. The summed E-state index contributed by atoms with van der Waals surface area (Å²) in [4.78, 5) is 46.5. The van der Waals surface area contributed by atoms with E-state index in [0.717, 1.165) is 43.9 Å². The Kier molecular flexibility index (Phi) is 13.0. The van der Waals surface area contributed by atoms with Gasteiger partial charge >= 0.3 is 25.3 Å². The molecule has 3 aromatic rings. The van der Waals surface area contributed by atoms with Gasteiger partial charge in [0.05, 0.1) is 35.3 Å². The molecule has 59 heavy (non-hydrogen) atoms. The van der Waals surface area contributed by atoms with Gasteiger partial charge in [0, 0.05) is 48.3 Å². The Morgan fingerprint density at radius 3 is 2.14 bits per heavy atom. The van der Waals surface area contributed by atoms with Crippen molar-refractivity contribution in [3.05, 3.63) is 47.8 Å². The second-order valence-corrected chi connectivity index (χ2v) is 19.8. The van der Waals surface area contributed by atoms with Crippen molar-refractivity contribution in [2.24, 2.45) is 11.3 Å². The van der Waals surface area contributed by atoms with Crippen molar-refractivity contribution < 1.29 is 42.6 Å². The van der Waals surface area contributed by atoms with Crippen LogP contribution in [0.3, 0.4) is 0 Å². The van der Waals surface area contributed by atoms with E-state index >= 15 is 0 Å². The van der Waals surface area contributed by atoms with E-state index < -0.39 is 59.1 Å². The Hall–Kier alpha value is -4.14. The fraction of sp³-hybridized carbons (Fsp3) is 0.644. The third kappa shape index (κ3) is 9.92. The van der Waals surface area contributed by atoms with Gasteiger partial charge in [-0.05, 0) is 131 Å². The van der Waals surface area contributed by atoms with Crippen LogP contribution in [0, 0.1) is 11.3 Å². The van der Waals surface area contributed by atoms with Crippen molar-refractivity contribution in [2.75, 3.05) is 20.3 Å². The lowest BCUT2D eigenvalue weighted by Crippen LogP contribution is -2.64. The first-order valence-corrected chi connectivity index (χ1v) is 20.9. The smallest absolute Gasteiger partial charge is 0.464 e. The molecule has 2 aromatic heterocycles. The molecule has 0 bridgehead atoms. The van der Waals surface area contributed by atoms with Crippen LogP contribution in [0.15, 0.2) is 36.5 Å². The number of fused-ring (bicyclic) bond motifs is 1. The molecule has 0 aliphatic carbocycles. The molecule has 0 radical (unpaired) electrons. The summed E-state index contributed by atoms with van der Waals surface area (Å²) >= 11 is 0. The summed E-state index contributed by atoms with van der Waals surface area (Å²) in [6.45, 7) is 29.6. The molecule has 0 unspecified atom stereocenters. The van der Waals surface area contributed by atoms with Crippen LogP contribution in [0.2, 0.25) is 0 Å². The van der Waals surface area contributed by atoms with Crippen molar-refractivity contribution in [1.29, 1.82) is 0 Å². The standard InChI is InChI=1S/C45H67BN4O9/c1-17-48-34-21-20-30(46-58-44(12,13)45(14,15)59-46)25-32(34)33(37(48)31-19-18-23-47-35(31)29(3)54-16)26-43(10,11)27-55-38(51)36-28(2)22-24-49(39(52)56-41(4,5)6)50(36)40(53)57-42(7,8)9/h18-21,23,25,28-29,36H,17,22,24,26-27H2,1-16H3/t28-,29-,36-/m0/s1. The van der Waals surface area contributed by atoms with Gasteiger partial charge in [0.15, 0.2) is 6.04 Å². The van der Waals surface area contributed by atoms with Crippen molar-refractivity contribution >= 4 is 41.6 Å². The van der Waals surface area contributed by atoms with Gasteiger partial charge in [-0.1, -0.05) is 32.9 Å². The highest BCUT2D eigenvalue weighted by Crippen LogP contribution is 2.42. The lowest BCUT2D eigenvalue weighted by atomic mass is 9.77. The molecule has 1 aromatic carbocycles. The summed E-state index contributed by atoms with van der Waals surface area (Å²) in [5.41, 5.74) is 2.40. The number of nitrogens with zero attached hydrogens (tertiary/aromatic N) is 4. The van der Waals surface area contributed by atoms with Gasteiger partial charge in [0.25, 0.3) is 0 Å². The minimum absolute atomic E-state index is 0.0210. The molecule has 2 fully saturated rings. The van der Waals surface area contributed by atoms with Gasteiger partial charge in [-0.3, -0.25) is 4.98 Å². The van der Waals surface area contributed by atoms with Crippen LogP contribution in [-0.4, -0.2) is 93.6 Å². The molecule has 3 atom stereocenters. The molecule has 2 aliphatic heterocycles. The van der Waals surface area contributed by atoms with E-state index in [-0.39, 0.29) is 25.2 Å². The number of aromatic nitrogens is 2. The van der Waals surface area contributed by atoms with Crippen molar-refractivity contribution in [2.45, 2.75) is 158 Å². The van der Waals surface area contributed by atoms with Crippen LogP contribution in [0.4, 0.5) is 9.59 Å². The Morgan fingerprint density at radius 2 is 1.56 bits per heavy atom. The first-order valence-electron chi connectivity index (χ1n) is 20.9. The Balaban J connectivity index is 1.55. The van der Waals surface area contributed by atoms with E-state index in [1.165, 1.54) is 5.01 Å². The van der Waals surface area contributed by atoms with Crippen LogP contribution >= 0.6 is 0 Å². The van der Waals surface area contributed by atoms with E-state index in [9.17, 15) is 14.4 Å². The van der Waals surface area contributed by atoms with Crippen molar-refractivity contribution in [3.8, 4) is 11.3 Å². The average molecular weight is 819 g/mol. The molecule has 0 saturated carbocycles. The molecule has 324 valence electrons. The van der Waals surface area contributed by atoms with Gasteiger partial charge in [-0.2, -0.15) is 5.01 Å². The number of benzene rings is 1. The molecular weight excluding hydrogens is 751 g/mol. The Morgan fingerprint density at radius 1 is 0.949 bits per heavy atom. The zero-order valence-electron chi connectivity index (χ0n) is 38.3. The normalized spacial score (nSPS) is 20.2. The predicted molar refractivity (Wildman–Crippen MR) is 229 cm³/mol. The zero-order valence-corrected chi connectivity index (χ0v) is 38.3. The lowest BCUT2D eigenvalue weighted by molar-refractivity contribution is -0.169. The summed E-state index contributed by atoms with van der Waals surface area (Å²) in [5, 5.41) is 3.29. The van der Waals surface area contributed by atoms with Crippen LogP contribution in [0.25, 0.3) is 22.2 Å². The van der Waals surface area contributed by atoms with Crippen LogP contribution in [-0.2, 0) is 46.0 Å². The molecule has 0 N–H and O–H groups in total. The highest BCUT2D eigenvalue weighted by Gasteiger charge is 2.52. The first-order chi connectivity index (χ1) is 27.2. The molecular formula is C45H67BN4O9. The molecule has 2 amide bonds. The second kappa shape index (κ2) is 16.7. The number of carbonyl (C=O) groups is 3. The summed E-state index contributed by atoms with van der Waals surface area (Å²) in [5.74, 6) is -0.974. The number of carbonyl (C=O) groups excluding carboxylic acids is 3. The average Bonchev–Trinajstić information content (AvgIpc) is 3.54. The van der Waals surface area contributed by atoms with Crippen LogP contribution < -0.4 is 5.46 Å². The van der Waals surface area contributed by atoms with Gasteiger partial charge in [-0.25, -0.2) is 19.4 Å². The van der Waals surface area contributed by atoms with Gasteiger partial charge < -0.3 is 32.8 Å². The molecule has 2 saturated heterocycles. The van der Waals surface area contributed by atoms with Crippen LogP contribution in [0.1, 0.15) is 128 Å². The van der Waals surface area contributed by atoms with E-state index in [2.05, 4.69) is 49.6 Å². The molecule has 5 rings (SSSR count). The maximum Gasteiger partial charge on any atom is 0.494 e. The number of pyridine rings is 1. The number of aryl methyl sites for hydroxylation is 1.